The van der Waals surface area contributed by atoms with Gasteiger partial charge in [-0.2, -0.15) is 0 Å². The number of nitrogens with zero attached hydrogens (tertiary/aromatic N) is 2. The molecule has 6 nitrogen and oxygen atoms in total. The van der Waals surface area contributed by atoms with Gasteiger partial charge in [0.1, 0.15) is 11.9 Å². The maximum atomic E-state index is 12.4. The zero-order valence-electron chi connectivity index (χ0n) is 17.3. The van der Waals surface area contributed by atoms with E-state index in [1.165, 1.54) is 6.20 Å². The number of aromatic nitrogens is 1. The van der Waals surface area contributed by atoms with E-state index in [-0.39, 0.29) is 4.92 Å². The summed E-state index contributed by atoms with van der Waals surface area (Å²) in [6, 6.07) is 20.8. The van der Waals surface area contributed by atoms with Gasteiger partial charge in [-0.05, 0) is 48.2 Å². The summed E-state index contributed by atoms with van der Waals surface area (Å²) in [6.45, 7) is 0. The average Bonchev–Trinajstić information content (AvgIpc) is 3.08. The largest absolute Gasteiger partial charge is 0.382 e. The van der Waals surface area contributed by atoms with Crippen molar-refractivity contribution in [3.05, 3.63) is 110 Å². The smallest absolute Gasteiger partial charge is 0.226 e. The number of halogens is 1. The second kappa shape index (κ2) is 9.30. The number of pyridine rings is 1. The third kappa shape index (κ3) is 3.98. The highest BCUT2D eigenvalue weighted by Gasteiger charge is 2.66. The lowest BCUT2D eigenvalue weighted by Gasteiger charge is -2.32. The third-order valence-electron chi connectivity index (χ3n) is 6.55. The van der Waals surface area contributed by atoms with Crippen molar-refractivity contribution in [1.29, 1.82) is 0 Å². The van der Waals surface area contributed by atoms with Gasteiger partial charge in [0.25, 0.3) is 0 Å². The van der Waals surface area contributed by atoms with Gasteiger partial charge in [-0.3, -0.25) is 15.1 Å². The summed E-state index contributed by atoms with van der Waals surface area (Å²) in [6.07, 6.45) is 3.10. The van der Waals surface area contributed by atoms with Crippen LogP contribution in [0.3, 0.4) is 0 Å². The van der Waals surface area contributed by atoms with Crippen LogP contribution in [-0.2, 0) is 16.8 Å². The van der Waals surface area contributed by atoms with Gasteiger partial charge in [0.2, 0.25) is 6.04 Å². The second-order valence-corrected chi connectivity index (χ2v) is 9.10. The minimum atomic E-state index is -1.76. The van der Waals surface area contributed by atoms with E-state index in [1.54, 1.807) is 42.5 Å². The van der Waals surface area contributed by atoms with Crippen LogP contribution in [0.1, 0.15) is 29.2 Å². The molecule has 0 bridgehead atoms. The molecule has 0 saturated heterocycles. The predicted molar refractivity (Wildman–Crippen MR) is 124 cm³/mol. The number of hydrogen-bond acceptors (Lipinski definition) is 5. The average molecular weight is 495 g/mol. The first kappa shape index (κ1) is 22.3. The first-order valence-electron chi connectivity index (χ1n) is 10.5. The lowest BCUT2D eigenvalue weighted by atomic mass is 9.77. The molecule has 0 radical (unpaired) electrons. The van der Waals surface area contributed by atoms with Crippen LogP contribution in [0.2, 0.25) is 0 Å². The molecule has 3 aromatic rings. The van der Waals surface area contributed by atoms with E-state index in [0.29, 0.717) is 30.4 Å². The Morgan fingerprint density at radius 1 is 1.06 bits per heavy atom. The van der Waals surface area contributed by atoms with E-state index in [9.17, 15) is 20.0 Å². The summed E-state index contributed by atoms with van der Waals surface area (Å²) >= 11 is 3.39. The third-order valence-corrected chi connectivity index (χ3v) is 7.08. The Labute approximate surface area is 194 Å². The molecule has 1 aromatic heterocycles. The standard InChI is InChI=1S/C25H23BrN2O4/c26-19-12-10-18(11-13-19)23-21(16-29)25(30,22-8-4-5-15-27-22)20(24(23)28(31)32)14-9-17-6-2-1-3-7-17/h1-8,10-13,15-16,20-21,23-24,30H,9,14H2/t20-,21+,23+,24-,25-/m0/s1. The number of carbonyl (C=O) groups is 1. The van der Waals surface area contributed by atoms with Crippen molar-refractivity contribution >= 4 is 22.2 Å². The van der Waals surface area contributed by atoms with Gasteiger partial charge in [0.05, 0.1) is 23.4 Å². The second-order valence-electron chi connectivity index (χ2n) is 8.19. The van der Waals surface area contributed by atoms with Gasteiger partial charge < -0.3 is 9.90 Å². The molecule has 1 heterocycles. The number of carbonyl (C=O) groups excluding carboxylic acids is 1. The van der Waals surface area contributed by atoms with Gasteiger partial charge in [-0.1, -0.05) is 64.5 Å². The summed E-state index contributed by atoms with van der Waals surface area (Å²) in [5.74, 6) is -2.57. The normalized spacial score (nSPS) is 27.2. The van der Waals surface area contributed by atoms with Crippen molar-refractivity contribution in [2.24, 2.45) is 11.8 Å². The predicted octanol–water partition coefficient (Wildman–Crippen LogP) is 4.54. The molecular formula is C25H23BrN2O4. The van der Waals surface area contributed by atoms with Crippen LogP contribution in [-0.4, -0.2) is 27.3 Å². The number of aliphatic hydroxyl groups is 1. The molecule has 1 saturated carbocycles. The number of aryl methyl sites for hydroxylation is 1. The molecule has 32 heavy (non-hydrogen) atoms. The van der Waals surface area contributed by atoms with Crippen LogP contribution in [0.4, 0.5) is 0 Å². The Morgan fingerprint density at radius 2 is 1.75 bits per heavy atom. The Morgan fingerprint density at radius 3 is 2.34 bits per heavy atom. The molecule has 1 aliphatic rings. The van der Waals surface area contributed by atoms with Crippen molar-refractivity contribution in [1.82, 2.24) is 4.98 Å². The van der Waals surface area contributed by atoms with Gasteiger partial charge in [-0.15, -0.1) is 0 Å². The number of aldehydes is 1. The molecule has 2 aromatic carbocycles. The molecule has 1 fully saturated rings. The Bertz CT molecular complexity index is 1080. The first-order chi connectivity index (χ1) is 15.5. The molecule has 1 N–H and O–H groups in total. The Hall–Kier alpha value is -2.90. The maximum absolute atomic E-state index is 12.4. The zero-order valence-corrected chi connectivity index (χ0v) is 18.8. The number of hydrogen-bond donors (Lipinski definition) is 1. The van der Waals surface area contributed by atoms with Gasteiger partial charge in [0, 0.05) is 15.6 Å². The Balaban J connectivity index is 1.84. The minimum absolute atomic E-state index is 0.293. The highest BCUT2D eigenvalue weighted by atomic mass is 79.9. The molecular weight excluding hydrogens is 472 g/mol. The van der Waals surface area contributed by atoms with Gasteiger partial charge in [-0.25, -0.2) is 0 Å². The molecule has 5 atom stereocenters. The van der Waals surface area contributed by atoms with E-state index in [1.807, 2.05) is 30.3 Å². The van der Waals surface area contributed by atoms with Crippen LogP contribution < -0.4 is 0 Å². The molecule has 1 aliphatic carbocycles. The quantitative estimate of drug-likeness (QED) is 0.295. The van der Waals surface area contributed by atoms with Crippen molar-refractivity contribution in [2.45, 2.75) is 30.4 Å². The van der Waals surface area contributed by atoms with Crippen molar-refractivity contribution in [3.8, 4) is 0 Å². The summed E-state index contributed by atoms with van der Waals surface area (Å²) in [7, 11) is 0. The van der Waals surface area contributed by atoms with E-state index in [2.05, 4.69) is 20.9 Å². The van der Waals surface area contributed by atoms with Crippen molar-refractivity contribution in [2.75, 3.05) is 0 Å². The van der Waals surface area contributed by atoms with Crippen molar-refractivity contribution < 1.29 is 14.8 Å². The summed E-state index contributed by atoms with van der Waals surface area (Å²) in [5, 5.41) is 24.5. The van der Waals surface area contributed by atoms with Crippen LogP contribution in [0.5, 0.6) is 0 Å². The zero-order chi connectivity index (χ0) is 22.7. The van der Waals surface area contributed by atoms with Crippen LogP contribution in [0, 0.1) is 22.0 Å². The molecule has 7 heteroatoms. The summed E-state index contributed by atoms with van der Waals surface area (Å²) in [4.78, 5) is 28.8. The molecule has 0 amide bonds. The monoisotopic (exact) mass is 494 g/mol. The topological polar surface area (TPSA) is 93.3 Å². The molecule has 0 unspecified atom stereocenters. The molecule has 4 rings (SSSR count). The van der Waals surface area contributed by atoms with E-state index >= 15 is 0 Å². The summed E-state index contributed by atoms with van der Waals surface area (Å²) in [5.41, 5.74) is 0.214. The Kier molecular flexibility index (Phi) is 6.48. The number of nitro groups is 1. The fourth-order valence-corrected chi connectivity index (χ4v) is 5.38. The SMILES string of the molecule is O=C[C@@H]1[C@@H](c2ccc(Br)cc2)[C@@H]([N+](=O)[O-])[C@H](CCc2ccccc2)[C@@]1(O)c1ccccn1. The lowest BCUT2D eigenvalue weighted by molar-refractivity contribution is -0.534. The molecule has 0 aliphatic heterocycles. The highest BCUT2D eigenvalue weighted by Crippen LogP contribution is 2.56. The highest BCUT2D eigenvalue weighted by molar-refractivity contribution is 9.10. The van der Waals surface area contributed by atoms with Gasteiger partial charge in [0.15, 0.2) is 0 Å². The number of rotatable bonds is 7. The van der Waals surface area contributed by atoms with E-state index < -0.39 is 29.4 Å². The molecule has 164 valence electrons. The lowest BCUT2D eigenvalue weighted by Crippen LogP contribution is -2.41. The van der Waals surface area contributed by atoms with E-state index in [0.717, 1.165) is 10.0 Å². The molecule has 0 spiro atoms. The summed E-state index contributed by atoms with van der Waals surface area (Å²) < 4.78 is 0.833. The van der Waals surface area contributed by atoms with Gasteiger partial charge >= 0.3 is 0 Å². The maximum Gasteiger partial charge on any atom is 0.226 e. The number of benzene rings is 2. The van der Waals surface area contributed by atoms with Crippen molar-refractivity contribution in [3.63, 3.8) is 0 Å². The first-order valence-corrected chi connectivity index (χ1v) is 11.3. The van der Waals surface area contributed by atoms with E-state index in [4.69, 9.17) is 0 Å². The fraction of sp³-hybridized carbons (Fsp3) is 0.280. The minimum Gasteiger partial charge on any atom is -0.382 e. The van der Waals surface area contributed by atoms with Crippen LogP contribution in [0.25, 0.3) is 0 Å². The van der Waals surface area contributed by atoms with Crippen LogP contribution >= 0.6 is 15.9 Å². The van der Waals surface area contributed by atoms with Crippen LogP contribution in [0.15, 0.2) is 83.5 Å². The fourth-order valence-electron chi connectivity index (χ4n) is 5.12.